The van der Waals surface area contributed by atoms with Gasteiger partial charge in [0.05, 0.1) is 22.6 Å². The lowest BCUT2D eigenvalue weighted by Crippen LogP contribution is -2.32. The predicted molar refractivity (Wildman–Crippen MR) is 110 cm³/mol. The molecule has 0 spiro atoms. The molecule has 0 atom stereocenters. The number of aromatic nitrogens is 2. The molecule has 9 heteroatoms. The maximum Gasteiger partial charge on any atom is 0.253 e. The van der Waals surface area contributed by atoms with Crippen molar-refractivity contribution in [3.8, 4) is 5.75 Å². The Bertz CT molecular complexity index is 1270. The molecule has 0 aliphatic carbocycles. The fraction of sp³-hybridized carbons (Fsp3) is 0.300. The van der Waals surface area contributed by atoms with Crippen molar-refractivity contribution >= 4 is 34.2 Å². The van der Waals surface area contributed by atoms with E-state index in [0.717, 1.165) is 13.0 Å². The van der Waals surface area contributed by atoms with Gasteiger partial charge in [0.15, 0.2) is 0 Å². The average molecular weight is 398 g/mol. The Labute approximate surface area is 165 Å². The standard InChI is InChI=1S/C20H22N4O5/c1-3-6-21-7-8-22-20(29)11-4-5-13(26)16-14(11)24-17-15(23-16)12(9-25)18(27)10(2)19(17)28/h4-5,9,21,24-25,27H,3,6-8H2,1-2H3,(H,22,29). The zero-order valence-corrected chi connectivity index (χ0v) is 16.1. The van der Waals surface area contributed by atoms with Crippen LogP contribution in [0.2, 0.25) is 0 Å². The van der Waals surface area contributed by atoms with Crippen LogP contribution in [-0.2, 0) is 0 Å². The van der Waals surface area contributed by atoms with Crippen molar-refractivity contribution in [2.45, 2.75) is 20.3 Å². The van der Waals surface area contributed by atoms with Crippen molar-refractivity contribution in [3.05, 3.63) is 48.9 Å². The topological polar surface area (TPSA) is 144 Å². The van der Waals surface area contributed by atoms with E-state index in [2.05, 4.69) is 20.6 Å². The molecule has 3 aromatic rings. The number of carbonyl (C=O) groups is 1. The molecule has 29 heavy (non-hydrogen) atoms. The van der Waals surface area contributed by atoms with Crippen molar-refractivity contribution in [2.24, 2.45) is 0 Å². The van der Waals surface area contributed by atoms with Gasteiger partial charge in [-0.2, -0.15) is 0 Å². The summed E-state index contributed by atoms with van der Waals surface area (Å²) in [5.41, 5.74) is -0.829. The highest BCUT2D eigenvalue weighted by molar-refractivity contribution is 6.06. The van der Waals surface area contributed by atoms with Gasteiger partial charge in [-0.3, -0.25) is 14.4 Å². The number of nitrogens with one attached hydrogen (secondary N) is 3. The minimum absolute atomic E-state index is 0.0153. The first-order valence-electron chi connectivity index (χ1n) is 9.26. The number of rotatable bonds is 6. The van der Waals surface area contributed by atoms with E-state index in [4.69, 9.17) is 0 Å². The first-order valence-corrected chi connectivity index (χ1v) is 9.26. The summed E-state index contributed by atoms with van der Waals surface area (Å²) in [5, 5.41) is 25.5. The van der Waals surface area contributed by atoms with E-state index in [0.29, 0.717) is 19.4 Å². The van der Waals surface area contributed by atoms with Gasteiger partial charge < -0.3 is 25.8 Å². The summed E-state index contributed by atoms with van der Waals surface area (Å²) >= 11 is 0. The fourth-order valence-electron chi connectivity index (χ4n) is 3.10. The van der Waals surface area contributed by atoms with Gasteiger partial charge in [-0.05, 0) is 32.0 Å². The highest BCUT2D eigenvalue weighted by Crippen LogP contribution is 2.17. The summed E-state index contributed by atoms with van der Waals surface area (Å²) in [6.45, 7) is 5.28. The van der Waals surface area contributed by atoms with E-state index in [1.165, 1.54) is 19.1 Å². The second-order valence-corrected chi connectivity index (χ2v) is 6.65. The quantitative estimate of drug-likeness (QED) is 0.294. The van der Waals surface area contributed by atoms with Crippen LogP contribution >= 0.6 is 0 Å². The van der Waals surface area contributed by atoms with Crippen molar-refractivity contribution in [2.75, 3.05) is 19.6 Å². The highest BCUT2D eigenvalue weighted by Gasteiger charge is 2.18. The number of phenols is 1. The molecule has 0 bridgehead atoms. The lowest BCUT2D eigenvalue weighted by Gasteiger charge is -2.10. The average Bonchev–Trinajstić information content (AvgIpc) is 2.72. The number of H-pyrrole nitrogens is 1. The summed E-state index contributed by atoms with van der Waals surface area (Å²) in [6, 6.07) is 2.59. The number of nitrogens with zero attached hydrogens (tertiary/aromatic N) is 1. The minimum atomic E-state index is -0.538. The fourth-order valence-corrected chi connectivity index (χ4v) is 3.10. The lowest BCUT2D eigenvalue weighted by molar-refractivity contribution is 0.0955. The summed E-state index contributed by atoms with van der Waals surface area (Å²) in [5.74, 6) is -0.825. The highest BCUT2D eigenvalue weighted by atomic mass is 16.3. The molecule has 9 nitrogen and oxygen atoms in total. The molecule has 0 saturated carbocycles. The van der Waals surface area contributed by atoms with Crippen LogP contribution in [0.15, 0.2) is 21.7 Å². The van der Waals surface area contributed by atoms with Crippen LogP contribution in [-0.4, -0.2) is 45.7 Å². The third-order valence-corrected chi connectivity index (χ3v) is 4.67. The molecule has 1 heterocycles. The Morgan fingerprint density at radius 2 is 1.93 bits per heavy atom. The number of benzene rings is 2. The van der Waals surface area contributed by atoms with Crippen LogP contribution in [0.4, 0.5) is 0 Å². The maximum atomic E-state index is 12.6. The second-order valence-electron chi connectivity index (χ2n) is 6.65. The maximum absolute atomic E-state index is 12.6. The van der Waals surface area contributed by atoms with E-state index < -0.39 is 22.5 Å². The molecule has 5 N–H and O–H groups in total. The number of aliphatic hydroxyl groups excluding tert-OH is 1. The lowest BCUT2D eigenvalue weighted by atomic mass is 10.1. The SMILES string of the molecule is CCCNCCNC(=O)c1ccc(=O)c2nc3c(=CO)c(O)c(C)c(=O)c3[nH]c12. The predicted octanol–water partition coefficient (Wildman–Crippen LogP) is 0.195. The van der Waals surface area contributed by atoms with Crippen molar-refractivity contribution in [1.29, 1.82) is 0 Å². The van der Waals surface area contributed by atoms with Gasteiger partial charge in [-0.15, -0.1) is 0 Å². The molecule has 0 saturated heterocycles. The van der Waals surface area contributed by atoms with Crippen molar-refractivity contribution < 1.29 is 15.0 Å². The normalized spacial score (nSPS) is 12.0. The van der Waals surface area contributed by atoms with Gasteiger partial charge >= 0.3 is 0 Å². The largest absolute Gasteiger partial charge is 0.515 e. The van der Waals surface area contributed by atoms with E-state index in [-0.39, 0.29) is 38.4 Å². The summed E-state index contributed by atoms with van der Waals surface area (Å²) in [6.07, 6.45) is 1.61. The Balaban J connectivity index is 2.17. The van der Waals surface area contributed by atoms with E-state index in [1.807, 2.05) is 6.92 Å². The number of amides is 1. The van der Waals surface area contributed by atoms with E-state index in [9.17, 15) is 24.6 Å². The van der Waals surface area contributed by atoms with Gasteiger partial charge in [0, 0.05) is 18.7 Å². The summed E-state index contributed by atoms with van der Waals surface area (Å²) in [4.78, 5) is 44.5. The smallest absolute Gasteiger partial charge is 0.253 e. The molecular formula is C20H22N4O5. The number of aliphatic hydroxyl groups is 1. The Hall–Kier alpha value is -3.46. The van der Waals surface area contributed by atoms with Gasteiger partial charge in [-0.25, -0.2) is 4.98 Å². The van der Waals surface area contributed by atoms with Crippen LogP contribution in [0.5, 0.6) is 5.75 Å². The molecule has 0 unspecified atom stereocenters. The molecule has 0 radical (unpaired) electrons. The first-order chi connectivity index (χ1) is 13.9. The van der Waals surface area contributed by atoms with Crippen LogP contribution in [0.1, 0.15) is 29.3 Å². The van der Waals surface area contributed by atoms with E-state index in [1.54, 1.807) is 0 Å². The van der Waals surface area contributed by atoms with Gasteiger partial charge in [0.25, 0.3) is 5.91 Å². The molecule has 1 amide bonds. The number of fused-ring (bicyclic) bond motifs is 2. The molecule has 0 fully saturated rings. The zero-order valence-electron chi connectivity index (χ0n) is 16.1. The first kappa shape index (κ1) is 20.3. The molecule has 3 rings (SSSR count). The summed E-state index contributed by atoms with van der Waals surface area (Å²) < 4.78 is 0. The summed E-state index contributed by atoms with van der Waals surface area (Å²) in [7, 11) is 0. The number of hydrogen-bond acceptors (Lipinski definition) is 7. The molecule has 0 aliphatic heterocycles. The number of phenolic OH excluding ortho intramolecular Hbond substituents is 1. The number of hydrogen-bond donors (Lipinski definition) is 5. The van der Waals surface area contributed by atoms with Crippen molar-refractivity contribution in [3.63, 3.8) is 0 Å². The number of aromatic hydroxyl groups is 1. The van der Waals surface area contributed by atoms with Crippen molar-refractivity contribution in [1.82, 2.24) is 20.6 Å². The molecular weight excluding hydrogens is 376 g/mol. The minimum Gasteiger partial charge on any atom is -0.515 e. The Kier molecular flexibility index (Phi) is 5.79. The molecule has 0 aliphatic rings. The monoisotopic (exact) mass is 398 g/mol. The van der Waals surface area contributed by atoms with Gasteiger partial charge in [0.2, 0.25) is 10.9 Å². The number of carbonyl (C=O) groups excluding carboxylic acids is 1. The van der Waals surface area contributed by atoms with Crippen LogP contribution < -0.4 is 26.7 Å². The Morgan fingerprint density at radius 1 is 1.17 bits per heavy atom. The van der Waals surface area contributed by atoms with Crippen LogP contribution in [0.25, 0.3) is 28.3 Å². The molecule has 1 aromatic heterocycles. The Morgan fingerprint density at radius 3 is 2.62 bits per heavy atom. The third kappa shape index (κ3) is 3.64. The molecule has 2 aromatic carbocycles. The third-order valence-electron chi connectivity index (χ3n) is 4.67. The van der Waals surface area contributed by atoms with Crippen LogP contribution in [0, 0.1) is 6.92 Å². The van der Waals surface area contributed by atoms with Gasteiger partial charge in [-0.1, -0.05) is 6.92 Å². The zero-order chi connectivity index (χ0) is 21.1. The second kappa shape index (κ2) is 8.27. The molecule has 152 valence electrons. The number of aromatic amines is 1. The van der Waals surface area contributed by atoms with Gasteiger partial charge in [0.1, 0.15) is 22.3 Å². The van der Waals surface area contributed by atoms with Crippen LogP contribution in [0.3, 0.4) is 0 Å². The van der Waals surface area contributed by atoms with E-state index >= 15 is 0 Å².